The Labute approximate surface area is 102 Å². The molecule has 2 N–H and O–H groups in total. The summed E-state index contributed by atoms with van der Waals surface area (Å²) < 4.78 is 11.2. The molecule has 0 amide bonds. The second-order valence-electron chi connectivity index (χ2n) is 4.35. The van der Waals surface area contributed by atoms with Crippen LogP contribution in [0.1, 0.15) is 30.7 Å². The van der Waals surface area contributed by atoms with E-state index >= 15 is 0 Å². The normalized spacial score (nSPS) is 15.1. The Kier molecular flexibility index (Phi) is 3.50. The first-order valence-corrected chi connectivity index (χ1v) is 5.94. The van der Waals surface area contributed by atoms with Crippen LogP contribution in [0.15, 0.2) is 28.7 Å². The Hall–Kier alpha value is -1.32. The molecule has 1 aromatic carbocycles. The summed E-state index contributed by atoms with van der Waals surface area (Å²) >= 11 is 0. The first-order valence-electron chi connectivity index (χ1n) is 5.94. The van der Waals surface area contributed by atoms with E-state index in [9.17, 15) is 0 Å². The maximum absolute atomic E-state index is 6.16. The molecule has 0 saturated carbocycles. The van der Waals surface area contributed by atoms with E-state index < -0.39 is 0 Å². The Morgan fingerprint density at radius 3 is 2.76 bits per heavy atom. The highest BCUT2D eigenvalue weighted by molar-refractivity contribution is 5.81. The van der Waals surface area contributed by atoms with Crippen molar-refractivity contribution in [2.45, 2.75) is 32.4 Å². The summed E-state index contributed by atoms with van der Waals surface area (Å²) in [5.41, 5.74) is 8.21. The van der Waals surface area contributed by atoms with E-state index in [-0.39, 0.29) is 12.1 Å². The van der Waals surface area contributed by atoms with Crippen LogP contribution in [0.2, 0.25) is 0 Å². The van der Waals surface area contributed by atoms with Gasteiger partial charge >= 0.3 is 0 Å². The molecule has 0 bridgehead atoms. The van der Waals surface area contributed by atoms with Gasteiger partial charge in [-0.05, 0) is 25.0 Å². The van der Waals surface area contributed by atoms with E-state index in [1.54, 1.807) is 7.11 Å². The topological polar surface area (TPSA) is 48.4 Å². The van der Waals surface area contributed by atoms with Crippen molar-refractivity contribution in [1.29, 1.82) is 0 Å². The van der Waals surface area contributed by atoms with Gasteiger partial charge in [-0.25, -0.2) is 0 Å². The molecule has 2 rings (SSSR count). The molecule has 2 aromatic rings. The van der Waals surface area contributed by atoms with Crippen LogP contribution in [0.3, 0.4) is 0 Å². The molecule has 0 aliphatic heterocycles. The number of aryl methyl sites for hydroxylation is 1. The lowest BCUT2D eigenvalue weighted by atomic mass is 10.1. The summed E-state index contributed by atoms with van der Waals surface area (Å²) in [6.07, 6.45) is 0.865. The third-order valence-electron chi connectivity index (χ3n) is 3.19. The van der Waals surface area contributed by atoms with Gasteiger partial charge in [-0.3, -0.25) is 0 Å². The average molecular weight is 233 g/mol. The smallest absolute Gasteiger partial charge is 0.137 e. The minimum atomic E-state index is -0.211. The fraction of sp³-hybridized carbons (Fsp3) is 0.429. The summed E-state index contributed by atoms with van der Waals surface area (Å²) in [6, 6.07) is 7.90. The molecule has 0 fully saturated rings. The van der Waals surface area contributed by atoms with Crippen LogP contribution in [0.4, 0.5) is 0 Å². The van der Waals surface area contributed by atoms with Crippen molar-refractivity contribution < 1.29 is 9.15 Å². The first kappa shape index (κ1) is 12.1. The largest absolute Gasteiger partial charge is 0.459 e. The van der Waals surface area contributed by atoms with Gasteiger partial charge in [0.2, 0.25) is 0 Å². The number of hydrogen-bond donors (Lipinski definition) is 1. The minimum absolute atomic E-state index is 0.00383. The fourth-order valence-corrected chi connectivity index (χ4v) is 2.14. The van der Waals surface area contributed by atoms with Crippen molar-refractivity contribution in [3.63, 3.8) is 0 Å². The summed E-state index contributed by atoms with van der Waals surface area (Å²) in [5.74, 6) is 0.794. The molecule has 0 saturated heterocycles. The lowest BCUT2D eigenvalue weighted by Crippen LogP contribution is -2.26. The summed E-state index contributed by atoms with van der Waals surface area (Å²) in [7, 11) is 1.68. The number of benzene rings is 1. The third-order valence-corrected chi connectivity index (χ3v) is 3.19. The van der Waals surface area contributed by atoms with Gasteiger partial charge in [-0.2, -0.15) is 0 Å². The van der Waals surface area contributed by atoms with Crippen molar-refractivity contribution in [1.82, 2.24) is 0 Å². The van der Waals surface area contributed by atoms with Gasteiger partial charge in [0.05, 0.1) is 12.1 Å². The molecule has 92 valence electrons. The van der Waals surface area contributed by atoms with Crippen LogP contribution in [-0.2, 0) is 4.74 Å². The summed E-state index contributed by atoms with van der Waals surface area (Å²) in [4.78, 5) is 0. The first-order chi connectivity index (χ1) is 8.17. The van der Waals surface area contributed by atoms with Crippen molar-refractivity contribution in [2.24, 2.45) is 5.73 Å². The number of furan rings is 1. The predicted molar refractivity (Wildman–Crippen MR) is 69.0 cm³/mol. The molecule has 3 nitrogen and oxygen atoms in total. The lowest BCUT2D eigenvalue weighted by Gasteiger charge is -2.18. The Morgan fingerprint density at radius 1 is 1.41 bits per heavy atom. The molecular weight excluding hydrogens is 214 g/mol. The van der Waals surface area contributed by atoms with Gasteiger partial charge in [0.15, 0.2) is 0 Å². The van der Waals surface area contributed by atoms with Gasteiger partial charge in [0, 0.05) is 12.5 Å². The van der Waals surface area contributed by atoms with Gasteiger partial charge < -0.3 is 14.9 Å². The molecule has 1 heterocycles. The number of nitrogens with two attached hydrogens (primary N) is 1. The summed E-state index contributed by atoms with van der Waals surface area (Å²) in [6.45, 7) is 4.09. The Balaban J connectivity index is 2.39. The highest BCUT2D eigenvalue weighted by atomic mass is 16.5. The fourth-order valence-electron chi connectivity index (χ4n) is 2.14. The van der Waals surface area contributed by atoms with Crippen LogP contribution in [0.5, 0.6) is 0 Å². The van der Waals surface area contributed by atoms with Crippen LogP contribution >= 0.6 is 0 Å². The molecule has 0 radical (unpaired) electrons. The van der Waals surface area contributed by atoms with E-state index in [0.29, 0.717) is 0 Å². The average Bonchev–Trinajstić information content (AvgIpc) is 2.76. The SMILES string of the molecule is CCC(OC)C(N)c1cc2cccc(C)c2o1. The van der Waals surface area contributed by atoms with E-state index in [0.717, 1.165) is 28.7 Å². The predicted octanol–water partition coefficient (Wildman–Crippen LogP) is 3.17. The van der Waals surface area contributed by atoms with E-state index in [4.69, 9.17) is 14.9 Å². The molecule has 0 aliphatic rings. The zero-order chi connectivity index (χ0) is 12.4. The van der Waals surface area contributed by atoms with Crippen molar-refractivity contribution in [3.8, 4) is 0 Å². The standard InChI is InChI=1S/C14H19NO2/c1-4-11(16-3)13(15)12-8-10-7-5-6-9(2)14(10)17-12/h5-8,11,13H,4,15H2,1-3H3. The molecule has 0 aliphatic carbocycles. The van der Waals surface area contributed by atoms with Crippen LogP contribution in [0.25, 0.3) is 11.0 Å². The van der Waals surface area contributed by atoms with E-state index in [2.05, 4.69) is 6.92 Å². The van der Waals surface area contributed by atoms with Crippen molar-refractivity contribution >= 4 is 11.0 Å². The van der Waals surface area contributed by atoms with Crippen LogP contribution < -0.4 is 5.73 Å². The maximum Gasteiger partial charge on any atom is 0.137 e. The number of fused-ring (bicyclic) bond motifs is 1. The third kappa shape index (κ3) is 2.21. The second kappa shape index (κ2) is 4.90. The number of hydrogen-bond acceptors (Lipinski definition) is 3. The van der Waals surface area contributed by atoms with Crippen LogP contribution in [-0.4, -0.2) is 13.2 Å². The Morgan fingerprint density at radius 2 is 2.18 bits per heavy atom. The molecular formula is C14H19NO2. The van der Waals surface area contributed by atoms with Gasteiger partial charge in [0.25, 0.3) is 0 Å². The van der Waals surface area contributed by atoms with Crippen molar-refractivity contribution in [2.75, 3.05) is 7.11 Å². The van der Waals surface area contributed by atoms with Gasteiger partial charge in [0.1, 0.15) is 11.3 Å². The van der Waals surface area contributed by atoms with E-state index in [1.165, 1.54) is 0 Å². The molecule has 3 heteroatoms. The number of para-hydroxylation sites is 1. The highest BCUT2D eigenvalue weighted by Gasteiger charge is 2.21. The summed E-state index contributed by atoms with van der Waals surface area (Å²) in [5, 5.41) is 1.10. The zero-order valence-electron chi connectivity index (χ0n) is 10.6. The quantitative estimate of drug-likeness (QED) is 0.882. The van der Waals surface area contributed by atoms with Crippen LogP contribution in [0, 0.1) is 6.92 Å². The molecule has 2 atom stereocenters. The Bertz CT molecular complexity index is 500. The van der Waals surface area contributed by atoms with Crippen molar-refractivity contribution in [3.05, 3.63) is 35.6 Å². The minimum Gasteiger partial charge on any atom is -0.459 e. The van der Waals surface area contributed by atoms with Gasteiger partial charge in [-0.1, -0.05) is 25.1 Å². The number of methoxy groups -OCH3 is 1. The molecule has 0 spiro atoms. The maximum atomic E-state index is 6.16. The molecule has 1 aromatic heterocycles. The highest BCUT2D eigenvalue weighted by Crippen LogP contribution is 2.28. The monoisotopic (exact) mass is 233 g/mol. The number of rotatable bonds is 4. The number of ether oxygens (including phenoxy) is 1. The van der Waals surface area contributed by atoms with Gasteiger partial charge in [-0.15, -0.1) is 0 Å². The second-order valence-corrected chi connectivity index (χ2v) is 4.35. The van der Waals surface area contributed by atoms with E-state index in [1.807, 2.05) is 31.2 Å². The molecule has 2 unspecified atom stereocenters. The lowest BCUT2D eigenvalue weighted by molar-refractivity contribution is 0.0713. The molecule has 17 heavy (non-hydrogen) atoms. The zero-order valence-corrected chi connectivity index (χ0v) is 10.6.